The molecule has 1 aromatic heterocycles. The zero-order valence-corrected chi connectivity index (χ0v) is 18.8. The number of anilines is 1. The van der Waals surface area contributed by atoms with Crippen molar-refractivity contribution < 1.29 is 23.9 Å². The predicted octanol–water partition coefficient (Wildman–Crippen LogP) is 3.73. The van der Waals surface area contributed by atoms with Gasteiger partial charge in [-0.1, -0.05) is 12.1 Å². The van der Waals surface area contributed by atoms with E-state index >= 15 is 0 Å². The summed E-state index contributed by atoms with van der Waals surface area (Å²) in [5.74, 6) is -0.577. The molecule has 0 fully saturated rings. The highest BCUT2D eigenvalue weighted by Crippen LogP contribution is 2.32. The van der Waals surface area contributed by atoms with Crippen molar-refractivity contribution in [3.63, 3.8) is 0 Å². The third-order valence-electron chi connectivity index (χ3n) is 5.79. The van der Waals surface area contributed by atoms with E-state index in [1.807, 2.05) is 24.3 Å². The quantitative estimate of drug-likeness (QED) is 0.542. The number of hydrogen-bond acceptors (Lipinski definition) is 6. The SMILES string of the molecule is CCOC(=O)c1ccc(NC(=O)c2cc3c([nH]c2=O)C[C@H](c2ccc(OC)cc2)CC3=O)cc1. The first-order valence-corrected chi connectivity index (χ1v) is 10.9. The van der Waals surface area contributed by atoms with Crippen LogP contribution in [0.25, 0.3) is 0 Å². The molecule has 1 aliphatic carbocycles. The van der Waals surface area contributed by atoms with Gasteiger partial charge in [-0.3, -0.25) is 14.4 Å². The highest BCUT2D eigenvalue weighted by atomic mass is 16.5. The number of ketones is 1. The number of pyridine rings is 1. The number of methoxy groups -OCH3 is 1. The molecule has 8 nitrogen and oxygen atoms in total. The minimum absolute atomic E-state index is 0.0702. The van der Waals surface area contributed by atoms with Crippen LogP contribution >= 0.6 is 0 Å². The van der Waals surface area contributed by atoms with Crippen LogP contribution in [-0.2, 0) is 11.2 Å². The van der Waals surface area contributed by atoms with Gasteiger partial charge < -0.3 is 19.8 Å². The summed E-state index contributed by atoms with van der Waals surface area (Å²) >= 11 is 0. The van der Waals surface area contributed by atoms with Gasteiger partial charge in [0.2, 0.25) is 0 Å². The summed E-state index contributed by atoms with van der Waals surface area (Å²) in [6, 6.07) is 15.0. The van der Waals surface area contributed by atoms with E-state index in [-0.39, 0.29) is 30.3 Å². The van der Waals surface area contributed by atoms with Crippen molar-refractivity contribution in [2.45, 2.75) is 25.7 Å². The van der Waals surface area contributed by atoms with E-state index in [2.05, 4.69) is 10.3 Å². The second-order valence-corrected chi connectivity index (χ2v) is 7.96. The maximum absolute atomic E-state index is 12.9. The Bertz CT molecular complexity index is 1290. The molecule has 0 spiro atoms. The van der Waals surface area contributed by atoms with Crippen molar-refractivity contribution in [3.8, 4) is 5.75 Å². The first-order chi connectivity index (χ1) is 16.4. The number of aromatic amines is 1. The van der Waals surface area contributed by atoms with Gasteiger partial charge in [-0.15, -0.1) is 0 Å². The molecule has 0 aliphatic heterocycles. The normalized spacial score (nSPS) is 14.8. The number of benzene rings is 2. The van der Waals surface area contributed by atoms with E-state index in [9.17, 15) is 19.2 Å². The molecule has 174 valence electrons. The number of ether oxygens (including phenoxy) is 2. The minimum atomic E-state index is -0.641. The Morgan fingerprint density at radius 2 is 1.74 bits per heavy atom. The maximum Gasteiger partial charge on any atom is 0.338 e. The van der Waals surface area contributed by atoms with Crippen LogP contribution in [0, 0.1) is 0 Å². The topological polar surface area (TPSA) is 115 Å². The molecule has 1 aliphatic rings. The van der Waals surface area contributed by atoms with Crippen LogP contribution in [0.4, 0.5) is 5.69 Å². The van der Waals surface area contributed by atoms with E-state index in [1.165, 1.54) is 18.2 Å². The van der Waals surface area contributed by atoms with Gasteiger partial charge in [-0.2, -0.15) is 0 Å². The van der Waals surface area contributed by atoms with Crippen LogP contribution in [0.2, 0.25) is 0 Å². The summed E-state index contributed by atoms with van der Waals surface area (Å²) in [5.41, 5.74) is 1.90. The Morgan fingerprint density at radius 3 is 2.38 bits per heavy atom. The molecule has 2 N–H and O–H groups in total. The highest BCUT2D eigenvalue weighted by molar-refractivity contribution is 6.07. The molecule has 1 amide bonds. The molecule has 8 heteroatoms. The molecule has 34 heavy (non-hydrogen) atoms. The third-order valence-corrected chi connectivity index (χ3v) is 5.79. The van der Waals surface area contributed by atoms with Crippen LogP contribution < -0.4 is 15.6 Å². The lowest BCUT2D eigenvalue weighted by atomic mass is 9.81. The van der Waals surface area contributed by atoms with Crippen LogP contribution in [-0.4, -0.2) is 36.4 Å². The summed E-state index contributed by atoms with van der Waals surface area (Å²) in [7, 11) is 1.59. The summed E-state index contributed by atoms with van der Waals surface area (Å²) in [4.78, 5) is 52.8. The Balaban J connectivity index is 1.52. The molecule has 0 saturated heterocycles. The van der Waals surface area contributed by atoms with Gasteiger partial charge in [-0.05, 0) is 67.3 Å². The largest absolute Gasteiger partial charge is 0.497 e. The molecule has 0 bridgehead atoms. The zero-order valence-electron chi connectivity index (χ0n) is 18.8. The molecule has 0 unspecified atom stereocenters. The summed E-state index contributed by atoms with van der Waals surface area (Å²) in [6.07, 6.45) is 0.765. The van der Waals surface area contributed by atoms with E-state index in [4.69, 9.17) is 9.47 Å². The summed E-state index contributed by atoms with van der Waals surface area (Å²) in [6.45, 7) is 1.98. The van der Waals surface area contributed by atoms with Gasteiger partial charge in [0.15, 0.2) is 5.78 Å². The molecule has 1 atom stereocenters. The number of aromatic nitrogens is 1. The van der Waals surface area contributed by atoms with E-state index in [0.29, 0.717) is 28.9 Å². The fraction of sp³-hybridized carbons (Fsp3) is 0.231. The van der Waals surface area contributed by atoms with Gasteiger partial charge in [-0.25, -0.2) is 4.79 Å². The van der Waals surface area contributed by atoms with Gasteiger partial charge in [0.05, 0.1) is 19.3 Å². The molecule has 3 aromatic rings. The van der Waals surface area contributed by atoms with Crippen molar-refractivity contribution in [1.82, 2.24) is 4.98 Å². The Hall–Kier alpha value is -4.20. The van der Waals surface area contributed by atoms with Crippen LogP contribution in [0.5, 0.6) is 5.75 Å². The van der Waals surface area contributed by atoms with Gasteiger partial charge in [0, 0.05) is 23.4 Å². The van der Waals surface area contributed by atoms with E-state index in [1.54, 1.807) is 26.2 Å². The number of carbonyl (C=O) groups excluding carboxylic acids is 3. The zero-order chi connectivity index (χ0) is 24.2. The van der Waals surface area contributed by atoms with Crippen molar-refractivity contribution in [3.05, 3.63) is 92.9 Å². The van der Waals surface area contributed by atoms with Crippen molar-refractivity contribution >= 4 is 23.3 Å². The molecule has 0 radical (unpaired) electrons. The smallest absolute Gasteiger partial charge is 0.338 e. The molecular formula is C26H24N2O6. The van der Waals surface area contributed by atoms with Crippen LogP contribution in [0.15, 0.2) is 59.4 Å². The molecule has 0 saturated carbocycles. The summed E-state index contributed by atoms with van der Waals surface area (Å²) in [5, 5.41) is 2.63. The Labute approximate surface area is 195 Å². The lowest BCUT2D eigenvalue weighted by Crippen LogP contribution is -2.29. The predicted molar refractivity (Wildman–Crippen MR) is 126 cm³/mol. The number of carbonyl (C=O) groups is 3. The average molecular weight is 460 g/mol. The molecule has 2 aromatic carbocycles. The van der Waals surface area contributed by atoms with Gasteiger partial charge in [0.25, 0.3) is 11.5 Å². The van der Waals surface area contributed by atoms with Crippen molar-refractivity contribution in [2.24, 2.45) is 0 Å². The third kappa shape index (κ3) is 4.76. The van der Waals surface area contributed by atoms with Crippen molar-refractivity contribution in [2.75, 3.05) is 19.0 Å². The number of amides is 1. The lowest BCUT2D eigenvalue weighted by molar-refractivity contribution is 0.0526. The fourth-order valence-corrected chi connectivity index (χ4v) is 4.01. The fourth-order valence-electron chi connectivity index (χ4n) is 4.01. The number of hydrogen-bond donors (Lipinski definition) is 2. The first-order valence-electron chi connectivity index (χ1n) is 10.9. The maximum atomic E-state index is 12.9. The van der Waals surface area contributed by atoms with Crippen molar-refractivity contribution in [1.29, 1.82) is 0 Å². The first kappa shape index (κ1) is 23.0. The number of rotatable bonds is 6. The minimum Gasteiger partial charge on any atom is -0.497 e. The highest BCUT2D eigenvalue weighted by Gasteiger charge is 2.29. The van der Waals surface area contributed by atoms with Crippen LogP contribution in [0.3, 0.4) is 0 Å². The van der Waals surface area contributed by atoms with Gasteiger partial charge >= 0.3 is 5.97 Å². The van der Waals surface area contributed by atoms with E-state index < -0.39 is 17.4 Å². The lowest BCUT2D eigenvalue weighted by Gasteiger charge is -2.24. The number of fused-ring (bicyclic) bond motifs is 1. The summed E-state index contributed by atoms with van der Waals surface area (Å²) < 4.78 is 10.1. The number of Topliss-reactive ketones (excluding diaryl/α,β-unsaturated/α-hetero) is 1. The Morgan fingerprint density at radius 1 is 1.03 bits per heavy atom. The van der Waals surface area contributed by atoms with Gasteiger partial charge in [0.1, 0.15) is 11.3 Å². The van der Waals surface area contributed by atoms with E-state index in [0.717, 1.165) is 11.3 Å². The second-order valence-electron chi connectivity index (χ2n) is 7.96. The molecule has 1 heterocycles. The monoisotopic (exact) mass is 460 g/mol. The standard InChI is InChI=1S/C26H24N2O6/c1-3-34-26(32)16-4-8-18(9-5-16)27-24(30)21-14-20-22(28-25(21)31)12-17(13-23(20)29)15-6-10-19(33-2)11-7-15/h4-11,14,17H,3,12-13H2,1-2H3,(H,27,30)(H,28,31)/t17-/m0/s1. The van der Waals surface area contributed by atoms with Crippen LogP contribution in [0.1, 0.15) is 61.6 Å². The second kappa shape index (κ2) is 9.74. The number of esters is 1. The average Bonchev–Trinajstić information content (AvgIpc) is 2.84. The molecule has 4 rings (SSSR count). The number of H-pyrrole nitrogens is 1. The number of nitrogens with one attached hydrogen (secondary N) is 2. The Kier molecular flexibility index (Phi) is 6.58. The molecular weight excluding hydrogens is 436 g/mol.